The van der Waals surface area contributed by atoms with Gasteiger partial charge < -0.3 is 15.6 Å². The Morgan fingerprint density at radius 3 is 2.25 bits per heavy atom. The third kappa shape index (κ3) is 4.65. The Hall–Kier alpha value is -3.66. The Morgan fingerprint density at radius 2 is 1.72 bits per heavy atom. The van der Waals surface area contributed by atoms with Gasteiger partial charge in [-0.2, -0.15) is 13.2 Å². The van der Waals surface area contributed by atoms with E-state index in [0.717, 1.165) is 12.1 Å². The molecule has 32 heavy (non-hydrogen) atoms. The summed E-state index contributed by atoms with van der Waals surface area (Å²) in [5, 5.41) is 11.5. The molecular formula is C22H21F3N4O3. The lowest BCUT2D eigenvalue weighted by atomic mass is 9.97. The number of nitrogens with two attached hydrogens (primary N) is 1. The van der Waals surface area contributed by atoms with Gasteiger partial charge in [0, 0.05) is 18.3 Å². The van der Waals surface area contributed by atoms with Crippen LogP contribution in [0.3, 0.4) is 0 Å². The van der Waals surface area contributed by atoms with Gasteiger partial charge >= 0.3 is 6.18 Å². The van der Waals surface area contributed by atoms with Gasteiger partial charge in [-0.1, -0.05) is 24.3 Å². The number of carbonyl (C=O) groups is 1. The van der Waals surface area contributed by atoms with Crippen molar-refractivity contribution in [3.63, 3.8) is 0 Å². The first-order chi connectivity index (χ1) is 15.0. The van der Waals surface area contributed by atoms with Gasteiger partial charge in [0.1, 0.15) is 0 Å². The molecule has 3 N–H and O–H groups in total. The molecule has 0 spiro atoms. The highest BCUT2D eigenvalue weighted by Crippen LogP contribution is 2.39. The number of aromatic nitrogens is 1. The van der Waals surface area contributed by atoms with Crippen molar-refractivity contribution in [2.45, 2.75) is 12.6 Å². The first-order valence-electron chi connectivity index (χ1n) is 9.61. The number of rotatable bonds is 7. The first kappa shape index (κ1) is 23.0. The van der Waals surface area contributed by atoms with E-state index in [0.29, 0.717) is 29.8 Å². The lowest BCUT2D eigenvalue weighted by molar-refractivity contribution is -0.384. The van der Waals surface area contributed by atoms with E-state index in [-0.39, 0.29) is 22.5 Å². The second-order valence-electron chi connectivity index (χ2n) is 7.50. The van der Waals surface area contributed by atoms with Crippen LogP contribution in [0.1, 0.15) is 21.5 Å². The van der Waals surface area contributed by atoms with Crippen molar-refractivity contribution < 1.29 is 22.9 Å². The zero-order valence-electron chi connectivity index (χ0n) is 17.4. The number of H-pyrrole nitrogens is 1. The van der Waals surface area contributed by atoms with Gasteiger partial charge in [0.25, 0.3) is 11.6 Å². The van der Waals surface area contributed by atoms with E-state index in [1.54, 1.807) is 6.07 Å². The highest BCUT2D eigenvalue weighted by molar-refractivity contribution is 6.03. The topological polar surface area (TPSA) is 105 Å². The minimum atomic E-state index is -4.49. The molecule has 0 aliphatic heterocycles. The number of nitrogens with zero attached hydrogens (tertiary/aromatic N) is 2. The summed E-state index contributed by atoms with van der Waals surface area (Å²) < 4.78 is 39.0. The first-order valence-corrected chi connectivity index (χ1v) is 9.61. The lowest BCUT2D eigenvalue weighted by Gasteiger charge is -2.12. The number of carbonyl (C=O) groups excluding carboxylic acids is 1. The van der Waals surface area contributed by atoms with Crippen LogP contribution in [-0.4, -0.2) is 41.4 Å². The number of para-hydroxylation sites is 1. The largest absolute Gasteiger partial charge is 0.416 e. The fraction of sp³-hybridized carbons (Fsp3) is 0.227. The van der Waals surface area contributed by atoms with Crippen LogP contribution in [0, 0.1) is 10.1 Å². The predicted molar refractivity (Wildman–Crippen MR) is 114 cm³/mol. The standard InChI is InChI=1S/C22H21F3N4O3/c1-28(2)12-11-16-18(21(26)30)20(15-5-3-4-6-17(15)29(31)32)27-19(16)13-7-9-14(10-8-13)22(23,24)25/h3-10,27H,11-12H2,1-2H3,(H2,26,30). The number of likely N-dealkylation sites (N-methyl/N-ethyl adjacent to an activating group) is 1. The Balaban J connectivity index is 2.26. The predicted octanol–water partition coefficient (Wildman–Crippen LogP) is 4.48. The number of hydrogen-bond acceptors (Lipinski definition) is 4. The van der Waals surface area contributed by atoms with Crippen molar-refractivity contribution in [2.24, 2.45) is 5.73 Å². The summed E-state index contributed by atoms with van der Waals surface area (Å²) in [5.41, 5.74) is 6.31. The molecule has 0 aliphatic rings. The lowest BCUT2D eigenvalue weighted by Crippen LogP contribution is -2.19. The Kier molecular flexibility index (Phi) is 6.35. The van der Waals surface area contributed by atoms with E-state index in [1.807, 2.05) is 19.0 Å². The molecule has 1 amide bonds. The van der Waals surface area contributed by atoms with Gasteiger partial charge in [0.15, 0.2) is 0 Å². The molecule has 0 fully saturated rings. The smallest absolute Gasteiger partial charge is 0.366 e. The van der Waals surface area contributed by atoms with Crippen LogP contribution in [0.2, 0.25) is 0 Å². The monoisotopic (exact) mass is 446 g/mol. The van der Waals surface area contributed by atoms with Crippen molar-refractivity contribution in [1.82, 2.24) is 9.88 Å². The number of nitro benzene ring substituents is 1. The van der Waals surface area contributed by atoms with Crippen molar-refractivity contribution >= 4 is 11.6 Å². The summed E-state index contributed by atoms with van der Waals surface area (Å²) in [4.78, 5) is 28.3. The quantitative estimate of drug-likeness (QED) is 0.412. The Bertz CT molecular complexity index is 1150. The van der Waals surface area contributed by atoms with Crippen LogP contribution < -0.4 is 5.73 Å². The summed E-state index contributed by atoms with van der Waals surface area (Å²) in [6.07, 6.45) is -4.14. The molecule has 1 heterocycles. The maximum Gasteiger partial charge on any atom is 0.416 e. The van der Waals surface area contributed by atoms with Gasteiger partial charge in [-0.3, -0.25) is 14.9 Å². The molecule has 0 radical (unpaired) electrons. The zero-order chi connectivity index (χ0) is 23.6. The van der Waals surface area contributed by atoms with E-state index in [1.165, 1.54) is 30.3 Å². The number of nitrogens with one attached hydrogen (secondary N) is 1. The fourth-order valence-electron chi connectivity index (χ4n) is 3.51. The molecule has 168 valence electrons. The minimum absolute atomic E-state index is 0.0797. The number of amides is 1. The third-order valence-corrected chi connectivity index (χ3v) is 5.03. The van der Waals surface area contributed by atoms with E-state index in [9.17, 15) is 28.1 Å². The molecule has 2 aromatic carbocycles. The molecule has 0 aliphatic carbocycles. The number of nitro groups is 1. The van der Waals surface area contributed by atoms with Crippen molar-refractivity contribution in [1.29, 1.82) is 0 Å². The van der Waals surface area contributed by atoms with E-state index in [2.05, 4.69) is 4.98 Å². The summed E-state index contributed by atoms with van der Waals surface area (Å²) in [5.74, 6) is -0.790. The van der Waals surface area contributed by atoms with E-state index in [4.69, 9.17) is 5.73 Å². The maximum atomic E-state index is 13.0. The third-order valence-electron chi connectivity index (χ3n) is 5.03. The van der Waals surface area contributed by atoms with Gasteiger partial charge in [-0.15, -0.1) is 0 Å². The molecular weight excluding hydrogens is 425 g/mol. The SMILES string of the molecule is CN(C)CCc1c(-c2ccc(C(F)(F)F)cc2)[nH]c(-c2ccccc2[N+](=O)[O-])c1C(N)=O. The molecule has 3 rings (SSSR count). The molecule has 0 atom stereocenters. The zero-order valence-corrected chi connectivity index (χ0v) is 17.4. The van der Waals surface area contributed by atoms with Crippen LogP contribution in [0.4, 0.5) is 18.9 Å². The second-order valence-corrected chi connectivity index (χ2v) is 7.50. The molecule has 0 bridgehead atoms. The minimum Gasteiger partial charge on any atom is -0.366 e. The molecule has 1 aromatic heterocycles. The van der Waals surface area contributed by atoms with Crippen molar-refractivity contribution in [3.8, 4) is 22.5 Å². The average Bonchev–Trinajstić information content (AvgIpc) is 3.11. The second kappa shape index (κ2) is 8.83. The van der Waals surface area contributed by atoms with Crippen LogP contribution in [0.15, 0.2) is 48.5 Å². The summed E-state index contributed by atoms with van der Waals surface area (Å²) in [7, 11) is 3.66. The average molecular weight is 446 g/mol. The van der Waals surface area contributed by atoms with Gasteiger partial charge in [-0.05, 0) is 49.8 Å². The molecule has 0 saturated carbocycles. The Labute approximate surface area is 181 Å². The van der Waals surface area contributed by atoms with Crippen LogP contribution in [-0.2, 0) is 12.6 Å². The maximum absolute atomic E-state index is 13.0. The summed E-state index contributed by atoms with van der Waals surface area (Å²) >= 11 is 0. The summed E-state index contributed by atoms with van der Waals surface area (Å²) in [6, 6.07) is 10.4. The van der Waals surface area contributed by atoms with Crippen molar-refractivity contribution in [2.75, 3.05) is 20.6 Å². The molecule has 0 saturated heterocycles. The number of aromatic amines is 1. The highest BCUT2D eigenvalue weighted by Gasteiger charge is 2.31. The van der Waals surface area contributed by atoms with Gasteiger partial charge in [0.05, 0.1) is 27.3 Å². The number of benzene rings is 2. The number of primary amides is 1. The van der Waals surface area contributed by atoms with E-state index < -0.39 is 22.6 Å². The van der Waals surface area contributed by atoms with E-state index >= 15 is 0 Å². The van der Waals surface area contributed by atoms with Gasteiger partial charge in [0.2, 0.25) is 0 Å². The molecule has 10 heteroatoms. The van der Waals surface area contributed by atoms with Gasteiger partial charge in [-0.25, -0.2) is 0 Å². The molecule has 7 nitrogen and oxygen atoms in total. The van der Waals surface area contributed by atoms with Crippen LogP contribution in [0.5, 0.6) is 0 Å². The van der Waals surface area contributed by atoms with Crippen LogP contribution >= 0.6 is 0 Å². The Morgan fingerprint density at radius 1 is 1.09 bits per heavy atom. The number of hydrogen-bond donors (Lipinski definition) is 2. The molecule has 3 aromatic rings. The summed E-state index contributed by atoms with van der Waals surface area (Å²) in [6.45, 7) is 0.516. The molecule has 0 unspecified atom stereocenters. The van der Waals surface area contributed by atoms with Crippen LogP contribution in [0.25, 0.3) is 22.5 Å². The fourth-order valence-corrected chi connectivity index (χ4v) is 3.51. The highest BCUT2D eigenvalue weighted by atomic mass is 19.4. The van der Waals surface area contributed by atoms with Crippen molar-refractivity contribution in [3.05, 3.63) is 75.3 Å². The number of alkyl halides is 3. The number of halogens is 3. The normalized spacial score (nSPS) is 11.7.